The molecule has 0 spiro atoms. The molecular weight excluding hydrogens is 202 g/mol. The summed E-state index contributed by atoms with van der Waals surface area (Å²) in [5.41, 5.74) is 0.761. The summed E-state index contributed by atoms with van der Waals surface area (Å²) in [6.45, 7) is 1.99. The maximum absolute atomic E-state index is 11.8. The standard InChI is InChI=1S/C12H17N3O/c1-8(9-3-4-9)12(16)15-10-5-6-11(13-2)14-7-10/h5-9H,3-4H2,1-2H3,(H,13,14)(H,15,16). The van der Waals surface area contributed by atoms with E-state index in [1.54, 1.807) is 6.20 Å². The smallest absolute Gasteiger partial charge is 0.227 e. The minimum atomic E-state index is 0.0986. The lowest BCUT2D eigenvalue weighted by Crippen LogP contribution is -2.21. The Morgan fingerprint density at radius 1 is 1.50 bits per heavy atom. The lowest BCUT2D eigenvalue weighted by molar-refractivity contribution is -0.119. The number of pyridine rings is 1. The van der Waals surface area contributed by atoms with Crippen molar-refractivity contribution in [3.63, 3.8) is 0 Å². The molecule has 1 aliphatic carbocycles. The molecule has 1 amide bonds. The number of carbonyl (C=O) groups excluding carboxylic acids is 1. The van der Waals surface area contributed by atoms with Gasteiger partial charge in [0.25, 0.3) is 0 Å². The van der Waals surface area contributed by atoms with E-state index in [1.165, 1.54) is 12.8 Å². The first-order valence-corrected chi connectivity index (χ1v) is 5.65. The van der Waals surface area contributed by atoms with Crippen LogP contribution in [0.3, 0.4) is 0 Å². The topological polar surface area (TPSA) is 54.0 Å². The van der Waals surface area contributed by atoms with Gasteiger partial charge in [0.15, 0.2) is 0 Å². The second-order valence-corrected chi connectivity index (χ2v) is 4.30. The summed E-state index contributed by atoms with van der Waals surface area (Å²) >= 11 is 0. The quantitative estimate of drug-likeness (QED) is 0.815. The zero-order valence-corrected chi connectivity index (χ0v) is 9.66. The zero-order valence-electron chi connectivity index (χ0n) is 9.66. The molecule has 1 saturated carbocycles. The van der Waals surface area contributed by atoms with Gasteiger partial charge in [-0.15, -0.1) is 0 Å². The monoisotopic (exact) mass is 219 g/mol. The molecule has 1 fully saturated rings. The Bertz CT molecular complexity index is 370. The van der Waals surface area contributed by atoms with E-state index >= 15 is 0 Å². The molecule has 2 rings (SSSR count). The van der Waals surface area contributed by atoms with E-state index in [0.29, 0.717) is 5.92 Å². The van der Waals surface area contributed by atoms with Crippen LogP contribution in [-0.2, 0) is 4.79 Å². The van der Waals surface area contributed by atoms with Crippen LogP contribution in [0.1, 0.15) is 19.8 Å². The summed E-state index contributed by atoms with van der Waals surface area (Å²) in [5.74, 6) is 1.60. The summed E-state index contributed by atoms with van der Waals surface area (Å²) in [6, 6.07) is 3.70. The molecule has 1 unspecified atom stereocenters. The third-order valence-corrected chi connectivity index (χ3v) is 3.03. The minimum Gasteiger partial charge on any atom is -0.373 e. The van der Waals surface area contributed by atoms with Gasteiger partial charge >= 0.3 is 0 Å². The number of aromatic nitrogens is 1. The van der Waals surface area contributed by atoms with Gasteiger partial charge in [0.1, 0.15) is 5.82 Å². The van der Waals surface area contributed by atoms with Crippen LogP contribution in [-0.4, -0.2) is 17.9 Å². The molecule has 4 nitrogen and oxygen atoms in total. The molecule has 16 heavy (non-hydrogen) atoms. The zero-order chi connectivity index (χ0) is 11.5. The van der Waals surface area contributed by atoms with Crippen LogP contribution in [0, 0.1) is 11.8 Å². The summed E-state index contributed by atoms with van der Waals surface area (Å²) in [5, 5.41) is 5.82. The average molecular weight is 219 g/mol. The van der Waals surface area contributed by atoms with Gasteiger partial charge in [0.05, 0.1) is 11.9 Å². The number of hydrogen-bond donors (Lipinski definition) is 2. The molecular formula is C12H17N3O. The van der Waals surface area contributed by atoms with Crippen LogP contribution in [0.25, 0.3) is 0 Å². The molecule has 0 saturated heterocycles. The third kappa shape index (κ3) is 2.51. The van der Waals surface area contributed by atoms with Crippen molar-refractivity contribution >= 4 is 17.4 Å². The van der Waals surface area contributed by atoms with Gasteiger partial charge in [0.2, 0.25) is 5.91 Å². The molecule has 0 bridgehead atoms. The molecule has 2 N–H and O–H groups in total. The molecule has 0 aliphatic heterocycles. The Labute approximate surface area is 95.5 Å². The van der Waals surface area contributed by atoms with Crippen LogP contribution >= 0.6 is 0 Å². The summed E-state index contributed by atoms with van der Waals surface area (Å²) < 4.78 is 0. The van der Waals surface area contributed by atoms with E-state index in [2.05, 4.69) is 15.6 Å². The van der Waals surface area contributed by atoms with Crippen molar-refractivity contribution in [2.45, 2.75) is 19.8 Å². The summed E-state index contributed by atoms with van der Waals surface area (Å²) in [4.78, 5) is 15.9. The Balaban J connectivity index is 1.94. The number of nitrogens with one attached hydrogen (secondary N) is 2. The molecule has 0 aromatic carbocycles. The fourth-order valence-corrected chi connectivity index (χ4v) is 1.68. The van der Waals surface area contributed by atoms with E-state index in [1.807, 2.05) is 26.1 Å². The lowest BCUT2D eigenvalue weighted by atomic mass is 10.1. The highest BCUT2D eigenvalue weighted by atomic mass is 16.1. The van der Waals surface area contributed by atoms with Crippen molar-refractivity contribution in [1.29, 1.82) is 0 Å². The number of hydrogen-bond acceptors (Lipinski definition) is 3. The van der Waals surface area contributed by atoms with E-state index in [9.17, 15) is 4.79 Å². The molecule has 1 aromatic heterocycles. The molecule has 1 atom stereocenters. The average Bonchev–Trinajstić information content (AvgIpc) is 3.13. The van der Waals surface area contributed by atoms with Crippen LogP contribution < -0.4 is 10.6 Å². The maximum Gasteiger partial charge on any atom is 0.227 e. The number of carbonyl (C=O) groups is 1. The van der Waals surface area contributed by atoms with Gasteiger partial charge in [-0.2, -0.15) is 0 Å². The number of anilines is 2. The van der Waals surface area contributed by atoms with Crippen molar-refractivity contribution in [2.24, 2.45) is 11.8 Å². The van der Waals surface area contributed by atoms with Gasteiger partial charge in [-0.1, -0.05) is 6.92 Å². The molecule has 4 heteroatoms. The first kappa shape index (κ1) is 10.9. The third-order valence-electron chi connectivity index (χ3n) is 3.03. The second-order valence-electron chi connectivity index (χ2n) is 4.30. The van der Waals surface area contributed by atoms with Crippen molar-refractivity contribution in [3.05, 3.63) is 18.3 Å². The Hall–Kier alpha value is -1.58. The first-order chi connectivity index (χ1) is 7.70. The number of amides is 1. The molecule has 0 radical (unpaired) electrons. The van der Waals surface area contributed by atoms with E-state index in [0.717, 1.165) is 11.5 Å². The highest BCUT2D eigenvalue weighted by Gasteiger charge is 2.32. The minimum absolute atomic E-state index is 0.0986. The van der Waals surface area contributed by atoms with Gasteiger partial charge in [-0.05, 0) is 30.9 Å². The van der Waals surface area contributed by atoms with Crippen LogP contribution in [0.2, 0.25) is 0 Å². The van der Waals surface area contributed by atoms with E-state index in [-0.39, 0.29) is 11.8 Å². The Morgan fingerprint density at radius 3 is 2.75 bits per heavy atom. The predicted molar refractivity (Wildman–Crippen MR) is 64.3 cm³/mol. The number of nitrogens with zero attached hydrogens (tertiary/aromatic N) is 1. The lowest BCUT2D eigenvalue weighted by Gasteiger charge is -2.10. The largest absolute Gasteiger partial charge is 0.373 e. The SMILES string of the molecule is CNc1ccc(NC(=O)C(C)C2CC2)cn1. The Morgan fingerprint density at radius 2 is 2.25 bits per heavy atom. The first-order valence-electron chi connectivity index (χ1n) is 5.65. The molecule has 1 heterocycles. The normalized spacial score (nSPS) is 16.6. The fourth-order valence-electron chi connectivity index (χ4n) is 1.68. The summed E-state index contributed by atoms with van der Waals surface area (Å²) in [7, 11) is 1.82. The van der Waals surface area contributed by atoms with Crippen molar-refractivity contribution in [1.82, 2.24) is 4.98 Å². The highest BCUT2D eigenvalue weighted by Crippen LogP contribution is 2.36. The fraction of sp³-hybridized carbons (Fsp3) is 0.500. The van der Waals surface area contributed by atoms with Crippen LogP contribution in [0.15, 0.2) is 18.3 Å². The highest BCUT2D eigenvalue weighted by molar-refractivity contribution is 5.92. The van der Waals surface area contributed by atoms with Crippen molar-refractivity contribution in [3.8, 4) is 0 Å². The van der Waals surface area contributed by atoms with Gasteiger partial charge in [-0.3, -0.25) is 4.79 Å². The maximum atomic E-state index is 11.8. The Kier molecular flexibility index (Phi) is 3.08. The summed E-state index contributed by atoms with van der Waals surface area (Å²) in [6.07, 6.45) is 4.04. The number of rotatable bonds is 4. The van der Waals surface area contributed by atoms with Crippen molar-refractivity contribution < 1.29 is 4.79 Å². The van der Waals surface area contributed by atoms with Gasteiger partial charge in [-0.25, -0.2) is 4.98 Å². The van der Waals surface area contributed by atoms with E-state index < -0.39 is 0 Å². The predicted octanol–water partition coefficient (Wildman–Crippen LogP) is 2.11. The van der Waals surface area contributed by atoms with Crippen LogP contribution in [0.5, 0.6) is 0 Å². The molecule has 1 aromatic rings. The second kappa shape index (κ2) is 4.51. The molecule has 86 valence electrons. The van der Waals surface area contributed by atoms with E-state index in [4.69, 9.17) is 0 Å². The van der Waals surface area contributed by atoms with Crippen molar-refractivity contribution in [2.75, 3.05) is 17.7 Å². The van der Waals surface area contributed by atoms with Gasteiger partial charge in [0, 0.05) is 13.0 Å². The van der Waals surface area contributed by atoms with Crippen LogP contribution in [0.4, 0.5) is 11.5 Å². The van der Waals surface area contributed by atoms with Gasteiger partial charge < -0.3 is 10.6 Å². The molecule has 1 aliphatic rings.